The standard InChI is InChI=1S/C25H32O12/c1-13(26)30-11-16-20(33-14(2)27)18(28)19(29)23(34-16)32-12-17-21(31-10-15-8-6-5-7-9-15)22-24(35-17)37-25(3,4)36-22/h5-9,16-17,20-24,28-29H,10-12H2,1-4H3/t16-,17-,20-,21+,22-,23+,24-/m1/s1. The third kappa shape index (κ3) is 6.58. The van der Waals surface area contributed by atoms with Crippen LogP contribution in [-0.2, 0) is 54.1 Å². The SMILES string of the molecule is CC(=O)OC[C@H]1O[C@H](OC[C@H]2O[C@@H]3OC(C)(C)O[C@@H]3[C@H]2OCc2ccccc2)C(O)=C(O)[C@@H]1OC(C)=O. The van der Waals surface area contributed by atoms with E-state index in [0.717, 1.165) is 12.5 Å². The van der Waals surface area contributed by atoms with Gasteiger partial charge in [-0.05, 0) is 19.4 Å². The fraction of sp³-hybridized carbons (Fsp3) is 0.600. The van der Waals surface area contributed by atoms with Gasteiger partial charge in [0.2, 0.25) is 6.29 Å². The van der Waals surface area contributed by atoms with Crippen molar-refractivity contribution < 1.29 is 57.7 Å². The van der Waals surface area contributed by atoms with Gasteiger partial charge in [-0.15, -0.1) is 0 Å². The highest BCUT2D eigenvalue weighted by molar-refractivity contribution is 5.67. The van der Waals surface area contributed by atoms with E-state index in [0.29, 0.717) is 6.61 Å². The van der Waals surface area contributed by atoms with Crippen LogP contribution in [0.15, 0.2) is 41.9 Å². The summed E-state index contributed by atoms with van der Waals surface area (Å²) >= 11 is 0. The van der Waals surface area contributed by atoms with Crippen LogP contribution in [-0.4, -0.2) is 84.3 Å². The van der Waals surface area contributed by atoms with Crippen molar-refractivity contribution in [3.05, 3.63) is 47.4 Å². The van der Waals surface area contributed by atoms with Crippen molar-refractivity contribution in [1.82, 2.24) is 0 Å². The molecule has 2 fully saturated rings. The lowest BCUT2D eigenvalue weighted by atomic mass is 10.1. The molecule has 0 aromatic heterocycles. The molecule has 12 nitrogen and oxygen atoms in total. The second kappa shape index (κ2) is 11.3. The lowest BCUT2D eigenvalue weighted by Crippen LogP contribution is -2.48. The summed E-state index contributed by atoms with van der Waals surface area (Å²) < 4.78 is 45.4. The minimum atomic E-state index is -1.45. The highest BCUT2D eigenvalue weighted by Crippen LogP contribution is 2.39. The Bertz CT molecular complexity index is 993. The van der Waals surface area contributed by atoms with Crippen molar-refractivity contribution in [3.63, 3.8) is 0 Å². The first kappa shape index (κ1) is 27.3. The molecule has 1 aromatic carbocycles. The van der Waals surface area contributed by atoms with E-state index in [1.165, 1.54) is 6.92 Å². The van der Waals surface area contributed by atoms with E-state index < -0.39 is 72.3 Å². The van der Waals surface area contributed by atoms with Crippen LogP contribution in [0.4, 0.5) is 0 Å². The Morgan fingerprint density at radius 1 is 0.919 bits per heavy atom. The van der Waals surface area contributed by atoms with E-state index in [9.17, 15) is 19.8 Å². The zero-order valence-corrected chi connectivity index (χ0v) is 21.0. The summed E-state index contributed by atoms with van der Waals surface area (Å²) in [6, 6.07) is 9.58. The van der Waals surface area contributed by atoms with Gasteiger partial charge in [-0.25, -0.2) is 0 Å². The van der Waals surface area contributed by atoms with Crippen molar-refractivity contribution in [2.24, 2.45) is 0 Å². The van der Waals surface area contributed by atoms with Gasteiger partial charge in [0.15, 0.2) is 29.7 Å². The molecule has 12 heteroatoms. The number of fused-ring (bicyclic) bond motifs is 1. The molecule has 0 amide bonds. The lowest BCUT2D eigenvalue weighted by Gasteiger charge is -2.35. The van der Waals surface area contributed by atoms with E-state index in [1.54, 1.807) is 13.8 Å². The molecule has 3 heterocycles. The van der Waals surface area contributed by atoms with Crippen LogP contribution in [0.25, 0.3) is 0 Å². The van der Waals surface area contributed by atoms with Crippen molar-refractivity contribution in [2.45, 2.75) is 83.2 Å². The molecule has 2 N–H and O–H groups in total. The van der Waals surface area contributed by atoms with Gasteiger partial charge >= 0.3 is 11.9 Å². The highest BCUT2D eigenvalue weighted by atomic mass is 16.8. The number of hydrogen-bond donors (Lipinski definition) is 2. The van der Waals surface area contributed by atoms with Gasteiger partial charge in [0.05, 0.1) is 13.2 Å². The fourth-order valence-corrected chi connectivity index (χ4v) is 4.32. The van der Waals surface area contributed by atoms with Gasteiger partial charge in [0.25, 0.3) is 0 Å². The van der Waals surface area contributed by atoms with Crippen LogP contribution in [0.5, 0.6) is 0 Å². The maximum atomic E-state index is 11.5. The highest BCUT2D eigenvalue weighted by Gasteiger charge is 2.56. The number of benzene rings is 1. The molecule has 3 aliphatic heterocycles. The van der Waals surface area contributed by atoms with Crippen LogP contribution in [0.1, 0.15) is 33.3 Å². The van der Waals surface area contributed by atoms with Gasteiger partial charge in [-0.1, -0.05) is 30.3 Å². The Morgan fingerprint density at radius 3 is 2.32 bits per heavy atom. The summed E-state index contributed by atoms with van der Waals surface area (Å²) in [5.74, 6) is -3.54. The average molecular weight is 525 g/mol. The minimum Gasteiger partial charge on any atom is -0.505 e. The number of esters is 2. The predicted octanol–water partition coefficient (Wildman–Crippen LogP) is 2.01. The average Bonchev–Trinajstić information content (AvgIpc) is 3.30. The minimum absolute atomic E-state index is 0.139. The third-order valence-electron chi connectivity index (χ3n) is 5.92. The monoisotopic (exact) mass is 524 g/mol. The van der Waals surface area contributed by atoms with Crippen LogP contribution >= 0.6 is 0 Å². The number of carbonyl (C=O) groups is 2. The molecule has 0 aliphatic carbocycles. The quantitative estimate of drug-likeness (QED) is 0.455. The molecule has 0 unspecified atom stereocenters. The molecule has 3 aliphatic rings. The maximum absolute atomic E-state index is 11.5. The number of carbonyl (C=O) groups excluding carboxylic acids is 2. The van der Waals surface area contributed by atoms with E-state index >= 15 is 0 Å². The number of rotatable bonds is 9. The Hall–Kier alpha value is -2.74. The fourth-order valence-electron chi connectivity index (χ4n) is 4.32. The van der Waals surface area contributed by atoms with Crippen LogP contribution in [0.3, 0.4) is 0 Å². The zero-order chi connectivity index (χ0) is 26.7. The summed E-state index contributed by atoms with van der Waals surface area (Å²) in [7, 11) is 0. The molecular formula is C25H32O12. The smallest absolute Gasteiger partial charge is 0.303 e. The van der Waals surface area contributed by atoms with Crippen LogP contribution in [0.2, 0.25) is 0 Å². The topological polar surface area (TPSA) is 148 Å². The molecule has 0 radical (unpaired) electrons. The Labute approximate surface area is 213 Å². The zero-order valence-electron chi connectivity index (χ0n) is 21.0. The largest absolute Gasteiger partial charge is 0.505 e. The van der Waals surface area contributed by atoms with Gasteiger partial charge < -0.3 is 48.1 Å². The number of aliphatic hydroxyl groups is 2. The predicted molar refractivity (Wildman–Crippen MR) is 123 cm³/mol. The number of aliphatic hydroxyl groups excluding tert-OH is 2. The summed E-state index contributed by atoms with van der Waals surface area (Å²) in [6.45, 7) is 5.68. The van der Waals surface area contributed by atoms with Crippen molar-refractivity contribution >= 4 is 11.9 Å². The summed E-state index contributed by atoms with van der Waals surface area (Å²) in [6.07, 6.45) is -6.45. The van der Waals surface area contributed by atoms with Crippen LogP contribution < -0.4 is 0 Å². The van der Waals surface area contributed by atoms with Gasteiger partial charge in [-0.3, -0.25) is 9.59 Å². The normalized spacial score (nSPS) is 32.7. The van der Waals surface area contributed by atoms with Crippen LogP contribution in [0, 0.1) is 0 Å². The third-order valence-corrected chi connectivity index (χ3v) is 5.92. The number of hydrogen-bond acceptors (Lipinski definition) is 12. The molecule has 204 valence electrons. The molecule has 0 saturated carbocycles. The molecule has 0 bridgehead atoms. The Kier molecular flexibility index (Phi) is 8.36. The van der Waals surface area contributed by atoms with Crippen molar-refractivity contribution in [1.29, 1.82) is 0 Å². The molecule has 4 rings (SSSR count). The van der Waals surface area contributed by atoms with Gasteiger partial charge in [0, 0.05) is 13.8 Å². The first-order valence-electron chi connectivity index (χ1n) is 11.9. The van der Waals surface area contributed by atoms with Crippen molar-refractivity contribution in [2.75, 3.05) is 13.2 Å². The Morgan fingerprint density at radius 2 is 1.65 bits per heavy atom. The molecule has 37 heavy (non-hydrogen) atoms. The van der Waals surface area contributed by atoms with E-state index in [-0.39, 0.29) is 13.2 Å². The second-order valence-corrected chi connectivity index (χ2v) is 9.35. The van der Waals surface area contributed by atoms with E-state index in [1.807, 2.05) is 30.3 Å². The Balaban J connectivity index is 1.45. The first-order valence-corrected chi connectivity index (χ1v) is 11.9. The van der Waals surface area contributed by atoms with Gasteiger partial charge in [0.1, 0.15) is 31.0 Å². The summed E-state index contributed by atoms with van der Waals surface area (Å²) in [5, 5.41) is 21.0. The summed E-state index contributed by atoms with van der Waals surface area (Å²) in [4.78, 5) is 22.8. The van der Waals surface area contributed by atoms with E-state index in [4.69, 9.17) is 37.9 Å². The second-order valence-electron chi connectivity index (χ2n) is 9.35. The number of ether oxygens (including phenoxy) is 8. The molecular weight excluding hydrogens is 492 g/mol. The molecule has 2 saturated heterocycles. The van der Waals surface area contributed by atoms with Gasteiger partial charge in [-0.2, -0.15) is 0 Å². The first-order chi connectivity index (χ1) is 17.5. The summed E-state index contributed by atoms with van der Waals surface area (Å²) in [5.41, 5.74) is 0.953. The maximum Gasteiger partial charge on any atom is 0.303 e. The van der Waals surface area contributed by atoms with E-state index in [2.05, 4.69) is 0 Å². The lowest BCUT2D eigenvalue weighted by molar-refractivity contribution is -0.249. The molecule has 7 atom stereocenters. The van der Waals surface area contributed by atoms with Crippen molar-refractivity contribution in [3.8, 4) is 0 Å². The molecule has 1 aromatic rings. The molecule has 0 spiro atoms.